The number of carbonyl (C=O) groups is 2. The summed E-state index contributed by atoms with van der Waals surface area (Å²) in [4.78, 5) is 21.9. The van der Waals surface area contributed by atoms with Crippen LogP contribution in [-0.2, 0) is 14.3 Å². The molecule has 0 radical (unpaired) electrons. The molecule has 1 amide bonds. The van der Waals surface area contributed by atoms with Crippen molar-refractivity contribution in [3.63, 3.8) is 0 Å². The van der Waals surface area contributed by atoms with Gasteiger partial charge in [-0.1, -0.05) is 0 Å². The molecule has 0 aromatic heterocycles. The topological polar surface area (TPSA) is 84.9 Å². The van der Waals surface area contributed by atoms with E-state index < -0.39 is 23.9 Å². The fourth-order valence-electron chi connectivity index (χ4n) is 0.872. The van der Waals surface area contributed by atoms with E-state index in [1.54, 1.807) is 20.8 Å². The van der Waals surface area contributed by atoms with Gasteiger partial charge in [-0.2, -0.15) is 0 Å². The Labute approximate surface area is 94.9 Å². The Morgan fingerprint density at radius 3 is 2.38 bits per heavy atom. The van der Waals surface area contributed by atoms with Crippen molar-refractivity contribution in [2.75, 3.05) is 7.11 Å². The second-order valence-electron chi connectivity index (χ2n) is 4.28. The Morgan fingerprint density at radius 1 is 1.38 bits per heavy atom. The van der Waals surface area contributed by atoms with Crippen LogP contribution in [0, 0.1) is 0 Å². The molecule has 0 aliphatic heterocycles. The smallest absolute Gasteiger partial charge is 0.409 e. The lowest BCUT2D eigenvalue weighted by Gasteiger charge is -2.21. The lowest BCUT2D eigenvalue weighted by Crippen LogP contribution is -2.39. The Bertz CT molecular complexity index is 246. The highest BCUT2D eigenvalue weighted by molar-refractivity contribution is 5.70. The maximum atomic E-state index is 11.2. The maximum absolute atomic E-state index is 11.2. The number of amides is 1. The molecule has 0 aliphatic carbocycles. The van der Waals surface area contributed by atoms with Crippen molar-refractivity contribution in [1.82, 2.24) is 5.32 Å². The third-order valence-corrected chi connectivity index (χ3v) is 1.53. The van der Waals surface area contributed by atoms with Crippen molar-refractivity contribution in [1.29, 1.82) is 0 Å². The van der Waals surface area contributed by atoms with Gasteiger partial charge >= 0.3 is 12.1 Å². The minimum Gasteiger partial charge on any atom is -0.469 e. The van der Waals surface area contributed by atoms with Crippen molar-refractivity contribution in [3.05, 3.63) is 0 Å². The highest BCUT2D eigenvalue weighted by atomic mass is 16.6. The first kappa shape index (κ1) is 14.7. The number of methoxy groups -OCH3 is 1. The van der Waals surface area contributed by atoms with Gasteiger partial charge in [0.05, 0.1) is 7.11 Å². The van der Waals surface area contributed by atoms with Crippen LogP contribution in [0.25, 0.3) is 0 Å². The summed E-state index contributed by atoms with van der Waals surface area (Å²) in [6, 6.07) is 0. The molecule has 0 saturated heterocycles. The molecule has 0 bridgehead atoms. The molecule has 1 atom stereocenters. The Hall–Kier alpha value is -1.30. The SMILES string of the molecule is COC(=O)CC[C@H](O)NC(=O)OC(C)(C)C. The molecular weight excluding hydrogens is 214 g/mol. The predicted molar refractivity (Wildman–Crippen MR) is 56.6 cm³/mol. The van der Waals surface area contributed by atoms with E-state index in [1.165, 1.54) is 7.11 Å². The van der Waals surface area contributed by atoms with Crippen LogP contribution in [0.4, 0.5) is 4.79 Å². The number of rotatable bonds is 4. The van der Waals surface area contributed by atoms with Crippen LogP contribution in [0.2, 0.25) is 0 Å². The van der Waals surface area contributed by atoms with E-state index in [0.29, 0.717) is 0 Å². The summed E-state index contributed by atoms with van der Waals surface area (Å²) in [6.07, 6.45) is -1.71. The number of hydrogen-bond donors (Lipinski definition) is 2. The molecule has 0 unspecified atom stereocenters. The standard InChI is InChI=1S/C10H19NO5/c1-10(2,3)16-9(14)11-7(12)5-6-8(13)15-4/h7,12H,5-6H2,1-4H3,(H,11,14)/t7-/m0/s1. The van der Waals surface area contributed by atoms with Gasteiger partial charge in [-0.05, 0) is 20.8 Å². The van der Waals surface area contributed by atoms with E-state index in [1.807, 2.05) is 0 Å². The minimum absolute atomic E-state index is 0.0352. The molecule has 6 nitrogen and oxygen atoms in total. The molecular formula is C10H19NO5. The third kappa shape index (κ3) is 8.05. The molecule has 0 saturated carbocycles. The number of carbonyl (C=O) groups excluding carboxylic acids is 2. The van der Waals surface area contributed by atoms with Crippen molar-refractivity contribution in [2.45, 2.75) is 45.4 Å². The van der Waals surface area contributed by atoms with Gasteiger partial charge in [0.25, 0.3) is 0 Å². The molecule has 0 aromatic carbocycles. The average Bonchev–Trinajstić information content (AvgIpc) is 2.10. The zero-order chi connectivity index (χ0) is 12.8. The summed E-state index contributed by atoms with van der Waals surface area (Å²) >= 11 is 0. The van der Waals surface area contributed by atoms with Gasteiger partial charge in [0.2, 0.25) is 0 Å². The second kappa shape index (κ2) is 6.32. The van der Waals surface area contributed by atoms with E-state index in [0.717, 1.165) is 0 Å². The summed E-state index contributed by atoms with van der Waals surface area (Å²) in [5.41, 5.74) is -0.619. The minimum atomic E-state index is -1.12. The van der Waals surface area contributed by atoms with Gasteiger partial charge in [0.1, 0.15) is 11.8 Å². The molecule has 0 spiro atoms. The first-order valence-electron chi connectivity index (χ1n) is 4.99. The van der Waals surface area contributed by atoms with E-state index in [-0.39, 0.29) is 12.8 Å². The predicted octanol–water partition coefficient (Wildman–Crippen LogP) is 0.783. The van der Waals surface area contributed by atoms with Crippen LogP contribution in [0.1, 0.15) is 33.6 Å². The van der Waals surface area contributed by atoms with E-state index in [4.69, 9.17) is 4.74 Å². The van der Waals surface area contributed by atoms with Crippen LogP contribution in [0.3, 0.4) is 0 Å². The first-order valence-corrected chi connectivity index (χ1v) is 4.99. The van der Waals surface area contributed by atoms with Gasteiger partial charge in [0.15, 0.2) is 0 Å². The lowest BCUT2D eigenvalue weighted by atomic mass is 10.2. The van der Waals surface area contributed by atoms with Gasteiger partial charge < -0.3 is 14.6 Å². The summed E-state index contributed by atoms with van der Waals surface area (Å²) in [5, 5.41) is 11.5. The van der Waals surface area contributed by atoms with Crippen molar-refractivity contribution < 1.29 is 24.2 Å². The van der Waals surface area contributed by atoms with E-state index >= 15 is 0 Å². The fraction of sp³-hybridized carbons (Fsp3) is 0.800. The van der Waals surface area contributed by atoms with Crippen molar-refractivity contribution >= 4 is 12.1 Å². The molecule has 0 rings (SSSR count). The Morgan fingerprint density at radius 2 is 1.94 bits per heavy atom. The molecule has 94 valence electrons. The van der Waals surface area contributed by atoms with E-state index in [2.05, 4.69) is 10.1 Å². The number of esters is 1. The second-order valence-corrected chi connectivity index (χ2v) is 4.28. The zero-order valence-corrected chi connectivity index (χ0v) is 10.1. The van der Waals surface area contributed by atoms with Gasteiger partial charge in [-0.15, -0.1) is 0 Å². The molecule has 0 fully saturated rings. The monoisotopic (exact) mass is 233 g/mol. The summed E-state index contributed by atoms with van der Waals surface area (Å²) < 4.78 is 9.31. The molecule has 0 aliphatic rings. The number of ether oxygens (including phenoxy) is 2. The lowest BCUT2D eigenvalue weighted by molar-refractivity contribution is -0.141. The van der Waals surface area contributed by atoms with Crippen LogP contribution < -0.4 is 5.32 Å². The van der Waals surface area contributed by atoms with Gasteiger partial charge in [-0.3, -0.25) is 10.1 Å². The summed E-state index contributed by atoms with van der Waals surface area (Å²) in [6.45, 7) is 5.15. The normalized spacial score (nSPS) is 12.8. The van der Waals surface area contributed by atoms with E-state index in [9.17, 15) is 14.7 Å². The van der Waals surface area contributed by atoms with Gasteiger partial charge in [-0.25, -0.2) is 4.79 Å². The van der Waals surface area contributed by atoms with Crippen LogP contribution >= 0.6 is 0 Å². The molecule has 0 aromatic rings. The fourth-order valence-corrected chi connectivity index (χ4v) is 0.872. The number of alkyl carbamates (subject to hydrolysis) is 1. The van der Waals surface area contributed by atoms with Gasteiger partial charge in [0, 0.05) is 12.8 Å². The molecule has 6 heteroatoms. The number of nitrogens with one attached hydrogen (secondary N) is 1. The Balaban J connectivity index is 3.83. The maximum Gasteiger partial charge on any atom is 0.409 e. The highest BCUT2D eigenvalue weighted by Crippen LogP contribution is 2.07. The highest BCUT2D eigenvalue weighted by Gasteiger charge is 2.18. The summed E-state index contributed by atoms with van der Waals surface area (Å²) in [7, 11) is 1.26. The molecule has 0 heterocycles. The first-order chi connectivity index (χ1) is 7.24. The number of hydrogen-bond acceptors (Lipinski definition) is 5. The van der Waals surface area contributed by atoms with Crippen molar-refractivity contribution in [2.24, 2.45) is 0 Å². The molecule has 2 N–H and O–H groups in total. The third-order valence-electron chi connectivity index (χ3n) is 1.53. The largest absolute Gasteiger partial charge is 0.469 e. The van der Waals surface area contributed by atoms with Crippen molar-refractivity contribution in [3.8, 4) is 0 Å². The number of aliphatic hydroxyl groups is 1. The number of aliphatic hydroxyl groups excluding tert-OH is 1. The van der Waals surface area contributed by atoms with Crippen LogP contribution in [0.15, 0.2) is 0 Å². The average molecular weight is 233 g/mol. The van der Waals surface area contributed by atoms with Crippen LogP contribution in [0.5, 0.6) is 0 Å². The quantitative estimate of drug-likeness (QED) is 0.553. The zero-order valence-electron chi connectivity index (χ0n) is 10.1. The summed E-state index contributed by atoms with van der Waals surface area (Å²) in [5.74, 6) is -0.440. The Kier molecular flexibility index (Phi) is 5.81. The van der Waals surface area contributed by atoms with Crippen LogP contribution in [-0.4, -0.2) is 36.1 Å². The molecule has 16 heavy (non-hydrogen) atoms.